The van der Waals surface area contributed by atoms with E-state index in [9.17, 15) is 9.59 Å². The van der Waals surface area contributed by atoms with Crippen LogP contribution in [0.1, 0.15) is 16.8 Å². The largest absolute Gasteiger partial charge is 0.465 e. The second-order valence-corrected chi connectivity index (χ2v) is 3.11. The van der Waals surface area contributed by atoms with Crippen LogP contribution in [0.3, 0.4) is 0 Å². The fourth-order valence-electron chi connectivity index (χ4n) is 1.44. The lowest BCUT2D eigenvalue weighted by atomic mass is 9.98. The van der Waals surface area contributed by atoms with Crippen molar-refractivity contribution in [3.8, 4) is 0 Å². The highest BCUT2D eigenvalue weighted by Crippen LogP contribution is 2.19. The van der Waals surface area contributed by atoms with Crippen molar-refractivity contribution in [1.82, 2.24) is 4.98 Å². The Labute approximate surface area is 80.9 Å². The van der Waals surface area contributed by atoms with Crippen LogP contribution in [-0.2, 0) is 9.53 Å². The van der Waals surface area contributed by atoms with Crippen LogP contribution in [0.5, 0.6) is 0 Å². The van der Waals surface area contributed by atoms with Gasteiger partial charge in [0.1, 0.15) is 5.92 Å². The van der Waals surface area contributed by atoms with Crippen molar-refractivity contribution >= 4 is 11.8 Å². The predicted octanol–water partition coefficient (Wildman–Crippen LogP) is 0.827. The fraction of sp³-hybridized carbons (Fsp3) is 0.300. The van der Waals surface area contributed by atoms with Crippen molar-refractivity contribution < 1.29 is 14.3 Å². The summed E-state index contributed by atoms with van der Waals surface area (Å²) >= 11 is 0. The van der Waals surface area contributed by atoms with Crippen LogP contribution >= 0.6 is 0 Å². The number of hydrogen-bond donors (Lipinski definition) is 0. The lowest BCUT2D eigenvalue weighted by molar-refractivity contribution is -0.140. The molecule has 1 aliphatic rings. The second kappa shape index (κ2) is 3.57. The van der Waals surface area contributed by atoms with Crippen molar-refractivity contribution in [2.45, 2.75) is 6.42 Å². The number of esters is 1. The standard InChI is InChI=1S/C10H9NO3/c12-9(7-2-1-4-11-6-7)8-3-5-14-10(8)13/h1-2,4,6,8H,3,5H2. The zero-order valence-electron chi connectivity index (χ0n) is 7.47. The van der Waals surface area contributed by atoms with Crippen LogP contribution < -0.4 is 0 Å². The number of Topliss-reactive ketones (excluding diaryl/α,β-unsaturated/α-hetero) is 1. The van der Waals surface area contributed by atoms with E-state index in [1.165, 1.54) is 6.20 Å². The molecule has 1 saturated heterocycles. The topological polar surface area (TPSA) is 56.3 Å². The van der Waals surface area contributed by atoms with E-state index >= 15 is 0 Å². The van der Waals surface area contributed by atoms with E-state index in [0.29, 0.717) is 18.6 Å². The molecule has 0 spiro atoms. The SMILES string of the molecule is O=C1OCCC1C(=O)c1cccnc1. The van der Waals surface area contributed by atoms with Gasteiger partial charge in [-0.05, 0) is 12.1 Å². The average molecular weight is 191 g/mol. The van der Waals surface area contributed by atoms with E-state index in [2.05, 4.69) is 4.98 Å². The summed E-state index contributed by atoms with van der Waals surface area (Å²) in [7, 11) is 0. The van der Waals surface area contributed by atoms with Crippen LogP contribution in [0.15, 0.2) is 24.5 Å². The summed E-state index contributed by atoms with van der Waals surface area (Å²) in [5.41, 5.74) is 0.469. The molecule has 0 aliphatic carbocycles. The predicted molar refractivity (Wildman–Crippen MR) is 47.6 cm³/mol. The summed E-state index contributed by atoms with van der Waals surface area (Å²) in [5.74, 6) is -1.24. The summed E-state index contributed by atoms with van der Waals surface area (Å²) < 4.78 is 4.73. The van der Waals surface area contributed by atoms with Gasteiger partial charge in [-0.2, -0.15) is 0 Å². The minimum absolute atomic E-state index is 0.194. The van der Waals surface area contributed by atoms with Crippen LogP contribution in [0, 0.1) is 5.92 Å². The number of pyridine rings is 1. The molecule has 1 atom stereocenters. The number of aromatic nitrogens is 1. The van der Waals surface area contributed by atoms with Gasteiger partial charge in [0.05, 0.1) is 6.61 Å². The molecule has 1 aliphatic heterocycles. The van der Waals surface area contributed by atoms with Gasteiger partial charge in [-0.25, -0.2) is 0 Å². The van der Waals surface area contributed by atoms with Crippen molar-refractivity contribution in [3.63, 3.8) is 0 Å². The van der Waals surface area contributed by atoms with Crippen LogP contribution in [0.2, 0.25) is 0 Å². The molecule has 0 radical (unpaired) electrons. The zero-order chi connectivity index (χ0) is 9.97. The molecule has 1 aromatic rings. The Morgan fingerprint density at radius 2 is 2.43 bits per heavy atom. The molecular formula is C10H9NO3. The smallest absolute Gasteiger partial charge is 0.316 e. The number of nitrogens with zero attached hydrogens (tertiary/aromatic N) is 1. The van der Waals surface area contributed by atoms with Gasteiger partial charge < -0.3 is 4.74 Å². The summed E-state index contributed by atoms with van der Waals surface area (Å²) in [6.45, 7) is 0.343. The lowest BCUT2D eigenvalue weighted by Gasteiger charge is -2.03. The number of ether oxygens (including phenoxy) is 1. The first-order chi connectivity index (χ1) is 6.79. The molecule has 2 rings (SSSR count). The lowest BCUT2D eigenvalue weighted by Crippen LogP contribution is -2.19. The van der Waals surface area contributed by atoms with Gasteiger partial charge in [0.2, 0.25) is 0 Å². The third-order valence-electron chi connectivity index (χ3n) is 2.20. The van der Waals surface area contributed by atoms with Crippen molar-refractivity contribution in [1.29, 1.82) is 0 Å². The third kappa shape index (κ3) is 1.51. The van der Waals surface area contributed by atoms with Crippen LogP contribution in [0.25, 0.3) is 0 Å². The van der Waals surface area contributed by atoms with E-state index in [1.54, 1.807) is 18.3 Å². The third-order valence-corrected chi connectivity index (χ3v) is 2.20. The van der Waals surface area contributed by atoms with E-state index in [1.807, 2.05) is 0 Å². The van der Waals surface area contributed by atoms with E-state index < -0.39 is 11.9 Å². The summed E-state index contributed by atoms with van der Waals surface area (Å²) in [4.78, 5) is 26.7. The first-order valence-electron chi connectivity index (χ1n) is 4.40. The summed E-state index contributed by atoms with van der Waals surface area (Å²) in [6, 6.07) is 3.33. The zero-order valence-corrected chi connectivity index (χ0v) is 7.47. The summed E-state index contributed by atoms with van der Waals surface area (Å²) in [5, 5.41) is 0. The Kier molecular flexibility index (Phi) is 2.26. The quantitative estimate of drug-likeness (QED) is 0.394. The van der Waals surface area contributed by atoms with Gasteiger partial charge in [0.25, 0.3) is 0 Å². The maximum Gasteiger partial charge on any atom is 0.316 e. The van der Waals surface area contributed by atoms with Crippen molar-refractivity contribution in [2.75, 3.05) is 6.61 Å². The minimum atomic E-state index is -0.626. The monoisotopic (exact) mass is 191 g/mol. The first-order valence-corrected chi connectivity index (χ1v) is 4.40. The number of ketones is 1. The normalized spacial score (nSPS) is 20.6. The van der Waals surface area contributed by atoms with Crippen molar-refractivity contribution in [2.24, 2.45) is 5.92 Å². The molecule has 0 amide bonds. The van der Waals surface area contributed by atoms with Gasteiger partial charge in [-0.3, -0.25) is 14.6 Å². The Morgan fingerprint density at radius 3 is 3.00 bits per heavy atom. The number of carbonyl (C=O) groups is 2. The molecule has 4 heteroatoms. The maximum atomic E-state index is 11.7. The highest BCUT2D eigenvalue weighted by Gasteiger charge is 2.33. The Bertz CT molecular complexity index is 361. The van der Waals surface area contributed by atoms with E-state index in [-0.39, 0.29) is 5.78 Å². The molecule has 0 saturated carbocycles. The molecule has 1 unspecified atom stereocenters. The van der Waals surface area contributed by atoms with Crippen LogP contribution in [0.4, 0.5) is 0 Å². The number of rotatable bonds is 2. The molecule has 0 N–H and O–H groups in total. The number of hydrogen-bond acceptors (Lipinski definition) is 4. The molecule has 72 valence electrons. The fourth-order valence-corrected chi connectivity index (χ4v) is 1.44. The number of carbonyl (C=O) groups excluding carboxylic acids is 2. The van der Waals surface area contributed by atoms with Crippen LogP contribution in [-0.4, -0.2) is 23.3 Å². The number of cyclic esters (lactones) is 1. The maximum absolute atomic E-state index is 11.7. The Morgan fingerprint density at radius 1 is 1.57 bits per heavy atom. The van der Waals surface area contributed by atoms with Gasteiger partial charge in [0.15, 0.2) is 5.78 Å². The van der Waals surface area contributed by atoms with Crippen molar-refractivity contribution in [3.05, 3.63) is 30.1 Å². The molecule has 14 heavy (non-hydrogen) atoms. The second-order valence-electron chi connectivity index (χ2n) is 3.11. The molecular weight excluding hydrogens is 182 g/mol. The van der Waals surface area contributed by atoms with E-state index in [0.717, 1.165) is 0 Å². The molecule has 1 aromatic heterocycles. The highest BCUT2D eigenvalue weighted by atomic mass is 16.5. The van der Waals surface area contributed by atoms with E-state index in [4.69, 9.17) is 4.74 Å². The molecule has 1 fully saturated rings. The van der Waals surface area contributed by atoms with Gasteiger partial charge in [-0.1, -0.05) is 0 Å². The molecule has 4 nitrogen and oxygen atoms in total. The molecule has 2 heterocycles. The molecule has 0 aromatic carbocycles. The first kappa shape index (κ1) is 8.87. The van der Waals surface area contributed by atoms with Gasteiger partial charge >= 0.3 is 5.97 Å². The summed E-state index contributed by atoms with van der Waals surface area (Å²) in [6.07, 6.45) is 3.53. The average Bonchev–Trinajstić information content (AvgIpc) is 2.65. The minimum Gasteiger partial charge on any atom is -0.465 e. The van der Waals surface area contributed by atoms with Gasteiger partial charge in [0, 0.05) is 24.4 Å². The van der Waals surface area contributed by atoms with Gasteiger partial charge in [-0.15, -0.1) is 0 Å². The highest BCUT2D eigenvalue weighted by molar-refractivity contribution is 6.09. The molecule has 0 bridgehead atoms. The Balaban J connectivity index is 2.20. The Hall–Kier alpha value is -1.71.